The molecule has 25 heavy (non-hydrogen) atoms. The zero-order valence-corrected chi connectivity index (χ0v) is 15.0. The first-order valence-electron chi connectivity index (χ1n) is 8.74. The molecule has 2 saturated heterocycles. The molecule has 1 aromatic heterocycles. The van der Waals surface area contributed by atoms with Crippen LogP contribution in [0.15, 0.2) is 12.1 Å². The van der Waals surface area contributed by atoms with Gasteiger partial charge in [0.15, 0.2) is 0 Å². The number of ether oxygens (including phenoxy) is 2. The molecule has 0 saturated carbocycles. The fraction of sp³-hybridized carbons (Fsp3) is 0.667. The molecule has 1 aromatic rings. The molecule has 1 amide bonds. The van der Waals surface area contributed by atoms with Crippen LogP contribution in [0.4, 0.5) is 15.0 Å². The maximum Gasteiger partial charge on any atom is 0.413 e. The molecule has 3 rings (SSSR count). The Kier molecular flexibility index (Phi) is 5.24. The number of aromatic nitrogens is 1. The summed E-state index contributed by atoms with van der Waals surface area (Å²) in [6, 6.07) is 3.77. The van der Waals surface area contributed by atoms with Crippen LogP contribution in [0.2, 0.25) is 0 Å². The van der Waals surface area contributed by atoms with Crippen LogP contribution in [0.5, 0.6) is 0 Å². The number of rotatable bonds is 4. The monoisotopic (exact) mass is 351 g/mol. The van der Waals surface area contributed by atoms with Crippen LogP contribution in [0.3, 0.4) is 0 Å². The highest BCUT2D eigenvalue weighted by molar-refractivity contribution is 5.83. The zero-order chi connectivity index (χ0) is 18.0. The Bertz CT molecular complexity index is 620. The first-order chi connectivity index (χ1) is 11.8. The minimum absolute atomic E-state index is 0.306. The van der Waals surface area contributed by atoms with Crippen LogP contribution < -0.4 is 5.32 Å². The average molecular weight is 351 g/mol. The van der Waals surface area contributed by atoms with Crippen molar-refractivity contribution in [2.24, 2.45) is 0 Å². The van der Waals surface area contributed by atoms with Gasteiger partial charge in [-0.25, -0.2) is 14.2 Å². The number of hydrogen-bond donors (Lipinski definition) is 1. The number of halogens is 1. The van der Waals surface area contributed by atoms with Crippen molar-refractivity contribution in [3.63, 3.8) is 0 Å². The van der Waals surface area contributed by atoms with E-state index in [2.05, 4.69) is 10.3 Å². The number of nitrogens with zero attached hydrogens (tertiary/aromatic N) is 2. The fourth-order valence-corrected chi connectivity index (χ4v) is 3.12. The highest BCUT2D eigenvalue weighted by Crippen LogP contribution is 2.30. The molecule has 138 valence electrons. The van der Waals surface area contributed by atoms with Crippen molar-refractivity contribution >= 4 is 11.9 Å². The lowest BCUT2D eigenvalue weighted by molar-refractivity contribution is 0.0577. The molecule has 0 radical (unpaired) electrons. The van der Waals surface area contributed by atoms with E-state index in [0.717, 1.165) is 24.3 Å². The summed E-state index contributed by atoms with van der Waals surface area (Å²) < 4.78 is 23.9. The molecule has 1 unspecified atom stereocenters. The minimum Gasteiger partial charge on any atom is -0.444 e. The molecule has 0 aliphatic carbocycles. The molecular formula is C18H26FN3O3. The van der Waals surface area contributed by atoms with Gasteiger partial charge in [0.05, 0.1) is 12.3 Å². The Labute approximate surface area is 147 Å². The van der Waals surface area contributed by atoms with Crippen LogP contribution in [0.1, 0.15) is 44.4 Å². The Morgan fingerprint density at radius 1 is 1.44 bits per heavy atom. The Balaban J connectivity index is 1.74. The van der Waals surface area contributed by atoms with E-state index in [1.807, 2.05) is 31.7 Å². The third-order valence-corrected chi connectivity index (χ3v) is 4.29. The summed E-state index contributed by atoms with van der Waals surface area (Å²) >= 11 is 0. The molecule has 7 heteroatoms. The van der Waals surface area contributed by atoms with Crippen molar-refractivity contribution in [1.29, 1.82) is 0 Å². The topological polar surface area (TPSA) is 63.7 Å². The number of carbonyl (C=O) groups excluding carboxylic acids is 1. The predicted octanol–water partition coefficient (Wildman–Crippen LogP) is 3.09. The fourth-order valence-electron chi connectivity index (χ4n) is 3.12. The van der Waals surface area contributed by atoms with Gasteiger partial charge in [0.25, 0.3) is 0 Å². The van der Waals surface area contributed by atoms with Crippen molar-refractivity contribution < 1.29 is 18.7 Å². The summed E-state index contributed by atoms with van der Waals surface area (Å²) in [5.74, 6) is 0.754. The quantitative estimate of drug-likeness (QED) is 0.903. The maximum absolute atomic E-state index is 13.1. The van der Waals surface area contributed by atoms with E-state index in [0.29, 0.717) is 38.0 Å². The summed E-state index contributed by atoms with van der Waals surface area (Å²) in [5.41, 5.74) is 1.42. The van der Waals surface area contributed by atoms with E-state index in [1.54, 1.807) is 6.07 Å². The van der Waals surface area contributed by atoms with Crippen LogP contribution in [-0.4, -0.2) is 54.1 Å². The first kappa shape index (κ1) is 18.1. The molecule has 1 atom stereocenters. The SMILES string of the molecule is CC(C)(C)OC(=O)Nc1ccc(C2CCOC2)c(CN2CC(F)C2)n1. The van der Waals surface area contributed by atoms with E-state index in [-0.39, 0.29) is 0 Å². The van der Waals surface area contributed by atoms with Gasteiger partial charge in [-0.1, -0.05) is 6.07 Å². The number of likely N-dealkylation sites (tertiary alicyclic amines) is 1. The summed E-state index contributed by atoms with van der Waals surface area (Å²) in [7, 11) is 0. The largest absolute Gasteiger partial charge is 0.444 e. The number of nitrogens with one attached hydrogen (secondary N) is 1. The Morgan fingerprint density at radius 3 is 2.80 bits per heavy atom. The van der Waals surface area contributed by atoms with Gasteiger partial charge in [0.2, 0.25) is 0 Å². The van der Waals surface area contributed by atoms with Crippen molar-refractivity contribution in [3.8, 4) is 0 Å². The molecule has 2 aliphatic rings. The molecular weight excluding hydrogens is 325 g/mol. The van der Waals surface area contributed by atoms with Gasteiger partial charge in [0, 0.05) is 32.2 Å². The van der Waals surface area contributed by atoms with Gasteiger partial charge in [-0.15, -0.1) is 0 Å². The second kappa shape index (κ2) is 7.25. The highest BCUT2D eigenvalue weighted by atomic mass is 19.1. The Morgan fingerprint density at radius 2 is 2.20 bits per heavy atom. The molecule has 2 fully saturated rings. The normalized spacial score (nSPS) is 21.8. The number of pyridine rings is 1. The van der Waals surface area contributed by atoms with Crippen LogP contribution in [0.25, 0.3) is 0 Å². The zero-order valence-electron chi connectivity index (χ0n) is 15.0. The lowest BCUT2D eigenvalue weighted by Gasteiger charge is -2.34. The van der Waals surface area contributed by atoms with Crippen LogP contribution >= 0.6 is 0 Å². The summed E-state index contributed by atoms with van der Waals surface area (Å²) in [4.78, 5) is 18.6. The number of hydrogen-bond acceptors (Lipinski definition) is 5. The molecule has 3 heterocycles. The highest BCUT2D eigenvalue weighted by Gasteiger charge is 2.29. The maximum atomic E-state index is 13.1. The third-order valence-electron chi connectivity index (χ3n) is 4.29. The average Bonchev–Trinajstić information content (AvgIpc) is 2.97. The lowest BCUT2D eigenvalue weighted by atomic mass is 9.96. The molecule has 0 bridgehead atoms. The standard InChI is InChI=1S/C18H26FN3O3/c1-18(2,3)25-17(23)21-16-5-4-14(12-6-7-24-11-12)15(20-16)10-22-8-13(19)9-22/h4-5,12-13H,6-11H2,1-3H3,(H,20,21,23). The van der Waals surface area contributed by atoms with Gasteiger partial charge in [-0.3, -0.25) is 10.2 Å². The van der Waals surface area contributed by atoms with E-state index >= 15 is 0 Å². The molecule has 1 N–H and O–H groups in total. The van der Waals surface area contributed by atoms with Gasteiger partial charge < -0.3 is 9.47 Å². The smallest absolute Gasteiger partial charge is 0.413 e. The molecule has 0 spiro atoms. The van der Waals surface area contributed by atoms with E-state index in [4.69, 9.17) is 9.47 Å². The number of alkyl halides is 1. The lowest BCUT2D eigenvalue weighted by Crippen LogP contribution is -2.47. The predicted molar refractivity (Wildman–Crippen MR) is 92.4 cm³/mol. The first-order valence-corrected chi connectivity index (χ1v) is 8.74. The van der Waals surface area contributed by atoms with Crippen LogP contribution in [-0.2, 0) is 16.0 Å². The van der Waals surface area contributed by atoms with Gasteiger partial charge >= 0.3 is 6.09 Å². The van der Waals surface area contributed by atoms with Gasteiger partial charge in [0.1, 0.15) is 17.6 Å². The second-order valence-corrected chi connectivity index (χ2v) is 7.71. The van der Waals surface area contributed by atoms with Crippen LogP contribution in [0, 0.1) is 0 Å². The van der Waals surface area contributed by atoms with Gasteiger partial charge in [-0.05, 0) is 38.8 Å². The van der Waals surface area contributed by atoms with Gasteiger partial charge in [-0.2, -0.15) is 0 Å². The molecule has 0 aromatic carbocycles. The minimum atomic E-state index is -0.749. The van der Waals surface area contributed by atoms with Crippen molar-refractivity contribution in [3.05, 3.63) is 23.4 Å². The van der Waals surface area contributed by atoms with E-state index in [1.165, 1.54) is 0 Å². The number of anilines is 1. The molecule has 6 nitrogen and oxygen atoms in total. The van der Waals surface area contributed by atoms with Crippen molar-refractivity contribution in [2.45, 2.75) is 51.4 Å². The summed E-state index contributed by atoms with van der Waals surface area (Å²) in [5, 5.41) is 2.68. The number of amides is 1. The summed E-state index contributed by atoms with van der Waals surface area (Å²) in [6.45, 7) is 8.31. The number of carbonyl (C=O) groups is 1. The third kappa shape index (κ3) is 4.89. The Hall–Kier alpha value is -1.73. The van der Waals surface area contributed by atoms with E-state index in [9.17, 15) is 9.18 Å². The van der Waals surface area contributed by atoms with Crippen molar-refractivity contribution in [1.82, 2.24) is 9.88 Å². The van der Waals surface area contributed by atoms with E-state index < -0.39 is 17.9 Å². The summed E-state index contributed by atoms with van der Waals surface area (Å²) in [6.07, 6.45) is -0.323. The van der Waals surface area contributed by atoms with Crippen molar-refractivity contribution in [2.75, 3.05) is 31.6 Å². The second-order valence-electron chi connectivity index (χ2n) is 7.71. The molecule has 2 aliphatic heterocycles.